The summed E-state index contributed by atoms with van der Waals surface area (Å²) in [4.78, 5) is 3.08. The first-order valence-electron chi connectivity index (χ1n) is 8.66. The molecule has 0 unspecified atom stereocenters. The van der Waals surface area contributed by atoms with E-state index in [0.29, 0.717) is 5.69 Å². The van der Waals surface area contributed by atoms with Crippen LogP contribution in [-0.2, 0) is 16.4 Å². The largest absolute Gasteiger partial charge is 0.359 e. The van der Waals surface area contributed by atoms with Crippen molar-refractivity contribution in [3.8, 4) is 16.8 Å². The van der Waals surface area contributed by atoms with Gasteiger partial charge in [-0.15, -0.1) is 0 Å². The van der Waals surface area contributed by atoms with Gasteiger partial charge in [0, 0.05) is 28.9 Å². The fourth-order valence-electron chi connectivity index (χ4n) is 3.08. The summed E-state index contributed by atoms with van der Waals surface area (Å²) in [6, 6.07) is 14.2. The highest BCUT2D eigenvalue weighted by Crippen LogP contribution is 2.29. The van der Waals surface area contributed by atoms with Gasteiger partial charge in [-0.25, -0.2) is 13.1 Å². The molecule has 7 heteroatoms. The van der Waals surface area contributed by atoms with E-state index in [9.17, 15) is 8.42 Å². The predicted molar refractivity (Wildman–Crippen MR) is 109 cm³/mol. The molecule has 27 heavy (non-hydrogen) atoms. The van der Waals surface area contributed by atoms with Gasteiger partial charge in [-0.05, 0) is 41.8 Å². The van der Waals surface area contributed by atoms with Gasteiger partial charge in [0.25, 0.3) is 0 Å². The molecule has 4 rings (SSSR count). The summed E-state index contributed by atoms with van der Waals surface area (Å²) in [5, 5.41) is 5.28. The van der Waals surface area contributed by atoms with Crippen molar-refractivity contribution in [3.05, 3.63) is 66.6 Å². The summed E-state index contributed by atoms with van der Waals surface area (Å²) in [5.41, 5.74) is 5.62. The molecule has 0 radical (unpaired) electrons. The van der Waals surface area contributed by atoms with Crippen LogP contribution >= 0.6 is 0 Å². The maximum absolute atomic E-state index is 11.6. The van der Waals surface area contributed by atoms with Crippen LogP contribution < -0.4 is 4.72 Å². The standard InChI is InChI=1S/C20H20N4O2S/c1-3-14-4-7-17(8-5-14)24-13-16(11-22-24)15-6-9-19-18(10-15)20(12-21-19)23-27(2,25)26/h4-13,21,23H,3H2,1-2H3. The maximum Gasteiger partial charge on any atom is 0.229 e. The summed E-state index contributed by atoms with van der Waals surface area (Å²) >= 11 is 0. The highest BCUT2D eigenvalue weighted by molar-refractivity contribution is 7.92. The number of nitrogens with one attached hydrogen (secondary N) is 2. The van der Waals surface area contributed by atoms with Crippen LogP contribution in [0.15, 0.2) is 61.1 Å². The first-order valence-corrected chi connectivity index (χ1v) is 10.6. The molecule has 0 saturated heterocycles. The van der Waals surface area contributed by atoms with E-state index >= 15 is 0 Å². The van der Waals surface area contributed by atoms with Crippen molar-refractivity contribution < 1.29 is 8.42 Å². The van der Waals surface area contributed by atoms with Crippen LogP contribution in [0.1, 0.15) is 12.5 Å². The summed E-state index contributed by atoms with van der Waals surface area (Å²) in [7, 11) is -3.34. The maximum atomic E-state index is 11.6. The van der Waals surface area contributed by atoms with Gasteiger partial charge in [-0.2, -0.15) is 5.10 Å². The van der Waals surface area contributed by atoms with Crippen molar-refractivity contribution >= 4 is 26.6 Å². The average molecular weight is 380 g/mol. The number of aryl methyl sites for hydroxylation is 1. The van der Waals surface area contributed by atoms with Crippen molar-refractivity contribution in [1.29, 1.82) is 0 Å². The SMILES string of the molecule is CCc1ccc(-n2cc(-c3ccc4[nH]cc(NS(C)(=O)=O)c4c3)cn2)cc1. The third-order valence-electron chi connectivity index (χ3n) is 4.50. The summed E-state index contributed by atoms with van der Waals surface area (Å²) in [6.45, 7) is 2.13. The van der Waals surface area contributed by atoms with E-state index in [-0.39, 0.29) is 0 Å². The number of anilines is 1. The van der Waals surface area contributed by atoms with Crippen molar-refractivity contribution in [2.45, 2.75) is 13.3 Å². The van der Waals surface area contributed by atoms with E-state index in [1.54, 1.807) is 6.20 Å². The Morgan fingerprint density at radius 3 is 2.59 bits per heavy atom. The Morgan fingerprint density at radius 2 is 1.89 bits per heavy atom. The fourth-order valence-corrected chi connectivity index (χ4v) is 3.65. The number of H-pyrrole nitrogens is 1. The lowest BCUT2D eigenvalue weighted by atomic mass is 10.1. The molecule has 0 aliphatic rings. The third-order valence-corrected chi connectivity index (χ3v) is 5.09. The number of hydrogen-bond acceptors (Lipinski definition) is 3. The molecule has 0 aliphatic heterocycles. The third kappa shape index (κ3) is 3.59. The second kappa shape index (κ2) is 6.59. The zero-order valence-corrected chi connectivity index (χ0v) is 15.9. The Morgan fingerprint density at radius 1 is 1.11 bits per heavy atom. The normalized spacial score (nSPS) is 11.8. The van der Waals surface area contributed by atoms with Crippen LogP contribution in [0, 0.1) is 0 Å². The minimum absolute atomic E-state index is 0.539. The fraction of sp³-hybridized carbons (Fsp3) is 0.150. The van der Waals surface area contributed by atoms with Gasteiger partial charge in [-0.1, -0.05) is 25.1 Å². The number of benzene rings is 2. The molecule has 0 aliphatic carbocycles. The van der Waals surface area contributed by atoms with Crippen molar-refractivity contribution in [2.24, 2.45) is 0 Å². The Balaban J connectivity index is 1.70. The first-order chi connectivity index (χ1) is 12.9. The lowest BCUT2D eigenvalue weighted by molar-refractivity contribution is 0.607. The van der Waals surface area contributed by atoms with Gasteiger partial charge in [0.05, 0.1) is 23.8 Å². The summed E-state index contributed by atoms with van der Waals surface area (Å²) in [6.07, 6.45) is 7.59. The quantitative estimate of drug-likeness (QED) is 0.550. The van der Waals surface area contributed by atoms with Gasteiger partial charge in [0.2, 0.25) is 10.0 Å². The Bertz CT molecular complexity index is 1200. The van der Waals surface area contributed by atoms with Gasteiger partial charge in [0.15, 0.2) is 0 Å². The smallest absolute Gasteiger partial charge is 0.229 e. The molecule has 2 N–H and O–H groups in total. The van der Waals surface area contributed by atoms with E-state index < -0.39 is 10.0 Å². The monoisotopic (exact) mass is 380 g/mol. The van der Waals surface area contributed by atoms with Crippen molar-refractivity contribution in [2.75, 3.05) is 11.0 Å². The van der Waals surface area contributed by atoms with Gasteiger partial charge in [0.1, 0.15) is 0 Å². The van der Waals surface area contributed by atoms with E-state index in [1.807, 2.05) is 35.3 Å². The second-order valence-electron chi connectivity index (χ2n) is 6.53. The number of aromatic nitrogens is 3. The number of hydrogen-bond donors (Lipinski definition) is 2. The summed E-state index contributed by atoms with van der Waals surface area (Å²) in [5.74, 6) is 0. The number of aromatic amines is 1. The Hall–Kier alpha value is -3.06. The van der Waals surface area contributed by atoms with E-state index in [1.165, 1.54) is 5.56 Å². The molecule has 4 aromatic rings. The molecule has 0 fully saturated rings. The lowest BCUT2D eigenvalue weighted by Gasteiger charge is -2.04. The Kier molecular flexibility index (Phi) is 4.24. The number of fused-ring (bicyclic) bond motifs is 1. The zero-order valence-electron chi connectivity index (χ0n) is 15.1. The Labute approximate surface area is 157 Å². The highest BCUT2D eigenvalue weighted by atomic mass is 32.2. The number of sulfonamides is 1. The van der Waals surface area contributed by atoms with E-state index in [4.69, 9.17) is 0 Å². The van der Waals surface area contributed by atoms with Crippen LogP contribution in [-0.4, -0.2) is 29.4 Å². The van der Waals surface area contributed by atoms with Crippen LogP contribution in [0.5, 0.6) is 0 Å². The highest BCUT2D eigenvalue weighted by Gasteiger charge is 2.11. The first kappa shape index (κ1) is 17.4. The lowest BCUT2D eigenvalue weighted by Crippen LogP contribution is -2.08. The molecule has 0 atom stereocenters. The summed E-state index contributed by atoms with van der Waals surface area (Å²) < 4.78 is 27.5. The molecule has 2 aromatic heterocycles. The topological polar surface area (TPSA) is 79.8 Å². The molecule has 138 valence electrons. The van der Waals surface area contributed by atoms with Crippen LogP contribution in [0.2, 0.25) is 0 Å². The van der Waals surface area contributed by atoms with Crippen LogP contribution in [0.3, 0.4) is 0 Å². The number of rotatable bonds is 5. The van der Waals surface area contributed by atoms with Crippen molar-refractivity contribution in [1.82, 2.24) is 14.8 Å². The molecule has 2 heterocycles. The van der Waals surface area contributed by atoms with Gasteiger partial charge < -0.3 is 4.98 Å². The number of nitrogens with zero attached hydrogens (tertiary/aromatic N) is 2. The van der Waals surface area contributed by atoms with Crippen molar-refractivity contribution in [3.63, 3.8) is 0 Å². The molecule has 0 amide bonds. The second-order valence-corrected chi connectivity index (χ2v) is 8.28. The molecule has 0 saturated carbocycles. The molecular weight excluding hydrogens is 360 g/mol. The molecule has 0 bridgehead atoms. The van der Waals surface area contributed by atoms with Crippen LogP contribution in [0.25, 0.3) is 27.7 Å². The minimum atomic E-state index is -3.34. The zero-order chi connectivity index (χ0) is 19.0. The average Bonchev–Trinajstić information content (AvgIpc) is 3.28. The van der Waals surface area contributed by atoms with Crippen LogP contribution in [0.4, 0.5) is 5.69 Å². The molecule has 2 aromatic carbocycles. The van der Waals surface area contributed by atoms with E-state index in [2.05, 4.69) is 46.0 Å². The molecular formula is C20H20N4O2S. The van der Waals surface area contributed by atoms with E-state index in [0.717, 1.165) is 40.4 Å². The van der Waals surface area contributed by atoms with Gasteiger partial charge in [-0.3, -0.25) is 4.72 Å². The predicted octanol–water partition coefficient (Wildman–Crippen LogP) is 3.95. The molecule has 0 spiro atoms. The molecule has 6 nitrogen and oxygen atoms in total. The minimum Gasteiger partial charge on any atom is -0.359 e. The van der Waals surface area contributed by atoms with Gasteiger partial charge >= 0.3 is 0 Å².